The molecule has 3 rings (SSSR count). The highest BCUT2D eigenvalue weighted by Crippen LogP contribution is 2.35. The molecule has 0 aromatic heterocycles. The number of allylic oxidation sites excluding steroid dienone is 3. The number of aliphatic hydroxyl groups excluding tert-OH is 5. The summed E-state index contributed by atoms with van der Waals surface area (Å²) in [5, 5.41) is 53.5. The van der Waals surface area contributed by atoms with Crippen LogP contribution >= 0.6 is 0 Å². The number of cyclic esters (lactones) is 1. The summed E-state index contributed by atoms with van der Waals surface area (Å²) in [5.74, 6) is -2.19. The van der Waals surface area contributed by atoms with Gasteiger partial charge in [0.15, 0.2) is 12.1 Å². The van der Waals surface area contributed by atoms with Gasteiger partial charge in [0.2, 0.25) is 0 Å². The van der Waals surface area contributed by atoms with Gasteiger partial charge >= 0.3 is 5.97 Å². The molecule has 0 radical (unpaired) electrons. The van der Waals surface area contributed by atoms with Crippen molar-refractivity contribution in [2.75, 3.05) is 66.6 Å². The average Bonchev–Trinajstić information content (AvgIpc) is 3.11. The minimum absolute atomic E-state index is 0.0460. The van der Waals surface area contributed by atoms with E-state index in [9.17, 15) is 35.1 Å². The van der Waals surface area contributed by atoms with Gasteiger partial charge in [0.05, 0.1) is 50.1 Å². The number of carbonyl (C=O) groups excluding carboxylic acids is 2. The highest BCUT2D eigenvalue weighted by molar-refractivity contribution is 5.91. The van der Waals surface area contributed by atoms with Gasteiger partial charge in [-0.3, -0.25) is 14.5 Å². The van der Waals surface area contributed by atoms with Crippen molar-refractivity contribution in [1.82, 2.24) is 14.7 Å². The van der Waals surface area contributed by atoms with E-state index < -0.39 is 66.8 Å². The average molecular weight is 754 g/mol. The molecule has 2 saturated heterocycles. The number of rotatable bonds is 13. The Morgan fingerprint density at radius 1 is 0.962 bits per heavy atom. The predicted molar refractivity (Wildman–Crippen MR) is 203 cm³/mol. The van der Waals surface area contributed by atoms with Gasteiger partial charge in [-0.25, -0.2) is 0 Å². The summed E-state index contributed by atoms with van der Waals surface area (Å²) in [4.78, 5) is 33.4. The maximum Gasteiger partial charge on any atom is 0.308 e. The van der Waals surface area contributed by atoms with Crippen LogP contribution in [-0.4, -0.2) is 168 Å². The SMILES string of the molecule is CC[C@H]1OC(=O)C[C@@H](O)[C@H](C)[C@@H](O[C@@H]2O[C@H](C)[C@@H](O)[C@H](N(C)C)[C@H]2O)[C@@H](CCN2CCCCC2)C[C@@H](C)C(=O)/C=C/C(C)=C/[C@@H]1CN(CCO)CCO. The van der Waals surface area contributed by atoms with Crippen LogP contribution in [0.1, 0.15) is 79.6 Å². The van der Waals surface area contributed by atoms with Gasteiger partial charge < -0.3 is 49.5 Å². The molecule has 2 fully saturated rings. The summed E-state index contributed by atoms with van der Waals surface area (Å²) in [6.07, 6.45) is 3.73. The van der Waals surface area contributed by atoms with Gasteiger partial charge in [-0.2, -0.15) is 0 Å². The standard InChI is InChI=1S/C40H71N3O10/c1-8-34-31(25-43(18-20-44)19-21-45)22-26(2)12-13-32(46)27(3)23-30(14-17-42-15-10-9-11-16-42)39(28(4)33(47)24-35(48)52-34)53-40-38(50)36(41(6)7)37(49)29(5)51-40/h12-13,22,27-31,33-34,36-40,44-45,47,49-50H,8-11,14-21,23-25H2,1-7H3/b13-12+,26-22+/t27-,28+,29-,30+,31-,33-,34-,36+,37-,38-,39-,40+/m1/s1. The molecule has 3 heterocycles. The van der Waals surface area contributed by atoms with Crippen molar-refractivity contribution in [2.45, 2.75) is 129 Å². The molecule has 306 valence electrons. The number of ketones is 1. The first-order chi connectivity index (χ1) is 25.2. The van der Waals surface area contributed by atoms with Gasteiger partial charge in [-0.15, -0.1) is 0 Å². The van der Waals surface area contributed by atoms with Gasteiger partial charge in [0.1, 0.15) is 12.2 Å². The van der Waals surface area contributed by atoms with Crippen LogP contribution in [0, 0.1) is 23.7 Å². The Morgan fingerprint density at radius 3 is 2.23 bits per heavy atom. The van der Waals surface area contributed by atoms with Gasteiger partial charge in [-0.1, -0.05) is 44.9 Å². The van der Waals surface area contributed by atoms with E-state index in [0.717, 1.165) is 38.0 Å². The highest BCUT2D eigenvalue weighted by atomic mass is 16.7. The lowest BCUT2D eigenvalue weighted by atomic mass is 9.79. The fourth-order valence-electron chi connectivity index (χ4n) is 8.26. The lowest BCUT2D eigenvalue weighted by molar-refractivity contribution is -0.304. The third-order valence-corrected chi connectivity index (χ3v) is 11.5. The Kier molecular flexibility index (Phi) is 19.5. The summed E-state index contributed by atoms with van der Waals surface area (Å²) in [5.41, 5.74) is 0.816. The molecule has 0 aromatic carbocycles. The molecule has 0 spiro atoms. The lowest BCUT2D eigenvalue weighted by Gasteiger charge is -2.47. The second kappa shape index (κ2) is 22.7. The number of nitrogens with zero attached hydrogens (tertiary/aromatic N) is 3. The molecule has 0 saturated carbocycles. The third-order valence-electron chi connectivity index (χ3n) is 11.5. The Labute approximate surface area is 317 Å². The summed E-state index contributed by atoms with van der Waals surface area (Å²) < 4.78 is 18.9. The molecule has 3 aliphatic rings. The Balaban J connectivity index is 2.04. The number of piperidine rings is 1. The van der Waals surface area contributed by atoms with Crippen molar-refractivity contribution in [3.8, 4) is 0 Å². The molecule has 0 unspecified atom stereocenters. The number of likely N-dealkylation sites (tertiary alicyclic amines) is 1. The minimum atomic E-state index is -1.20. The van der Waals surface area contributed by atoms with Crippen molar-refractivity contribution >= 4 is 11.8 Å². The van der Waals surface area contributed by atoms with Crippen LogP contribution in [0.25, 0.3) is 0 Å². The first kappa shape index (κ1) is 45.6. The molecule has 13 nitrogen and oxygen atoms in total. The second-order valence-corrected chi connectivity index (χ2v) is 16.0. The number of hydrogen-bond acceptors (Lipinski definition) is 13. The Hall–Kier alpha value is -1.78. The molecule has 13 heteroatoms. The van der Waals surface area contributed by atoms with Gasteiger partial charge in [0, 0.05) is 37.4 Å². The molecular weight excluding hydrogens is 682 g/mol. The maximum absolute atomic E-state index is 13.7. The molecule has 12 atom stereocenters. The Bertz CT molecular complexity index is 1160. The van der Waals surface area contributed by atoms with E-state index in [4.69, 9.17) is 14.2 Å². The number of likely N-dealkylation sites (N-methyl/N-ethyl adjacent to an activating group) is 1. The molecule has 0 aliphatic carbocycles. The predicted octanol–water partition coefficient (Wildman–Crippen LogP) is 1.98. The largest absolute Gasteiger partial charge is 0.462 e. The van der Waals surface area contributed by atoms with E-state index in [2.05, 4.69) is 4.90 Å². The fraction of sp³-hybridized carbons (Fsp3) is 0.850. The topological polar surface area (TPSA) is 173 Å². The quantitative estimate of drug-likeness (QED) is 0.173. The summed E-state index contributed by atoms with van der Waals surface area (Å²) >= 11 is 0. The van der Waals surface area contributed by atoms with Crippen molar-refractivity contribution < 1.29 is 49.3 Å². The number of ether oxygens (including phenoxy) is 3. The minimum Gasteiger partial charge on any atom is -0.462 e. The molecule has 0 aromatic rings. The van der Waals surface area contributed by atoms with Crippen LogP contribution in [0.3, 0.4) is 0 Å². The zero-order valence-electron chi connectivity index (χ0n) is 33.4. The molecule has 53 heavy (non-hydrogen) atoms. The number of aliphatic hydroxyl groups is 5. The fourth-order valence-corrected chi connectivity index (χ4v) is 8.26. The van der Waals surface area contributed by atoms with Crippen molar-refractivity contribution in [3.05, 3.63) is 23.8 Å². The first-order valence-electron chi connectivity index (χ1n) is 20.0. The normalized spacial score (nSPS) is 37.7. The molecule has 0 bridgehead atoms. The monoisotopic (exact) mass is 754 g/mol. The molecule has 3 aliphatic heterocycles. The zero-order chi connectivity index (χ0) is 39.2. The second-order valence-electron chi connectivity index (χ2n) is 16.0. The smallest absolute Gasteiger partial charge is 0.308 e. The van der Waals surface area contributed by atoms with E-state index in [1.807, 2.05) is 38.7 Å². The van der Waals surface area contributed by atoms with Gasteiger partial charge in [-0.05, 0) is 91.7 Å². The van der Waals surface area contributed by atoms with Crippen molar-refractivity contribution in [3.63, 3.8) is 0 Å². The van der Waals surface area contributed by atoms with E-state index in [1.165, 1.54) is 6.42 Å². The molecule has 5 N–H and O–H groups in total. The number of hydrogen-bond donors (Lipinski definition) is 5. The van der Waals surface area contributed by atoms with Crippen LogP contribution < -0.4 is 0 Å². The van der Waals surface area contributed by atoms with Crippen LogP contribution in [-0.2, 0) is 23.8 Å². The van der Waals surface area contributed by atoms with E-state index in [1.54, 1.807) is 38.1 Å². The summed E-state index contributed by atoms with van der Waals surface area (Å²) in [6.45, 7) is 12.9. The zero-order valence-corrected chi connectivity index (χ0v) is 33.4. The van der Waals surface area contributed by atoms with Crippen LogP contribution in [0.4, 0.5) is 0 Å². The summed E-state index contributed by atoms with van der Waals surface area (Å²) in [6, 6.07) is -0.663. The number of carbonyl (C=O) groups is 2. The Morgan fingerprint density at radius 2 is 1.62 bits per heavy atom. The van der Waals surface area contributed by atoms with Gasteiger partial charge in [0.25, 0.3) is 0 Å². The molecule has 0 amide bonds. The van der Waals surface area contributed by atoms with Crippen molar-refractivity contribution in [1.29, 1.82) is 0 Å². The first-order valence-corrected chi connectivity index (χ1v) is 20.0. The van der Waals surface area contributed by atoms with E-state index in [0.29, 0.717) is 38.9 Å². The molecular formula is C40H71N3O10. The highest BCUT2D eigenvalue weighted by Gasteiger charge is 2.47. The third kappa shape index (κ3) is 13.7. The lowest BCUT2D eigenvalue weighted by Crippen LogP contribution is -2.63. The maximum atomic E-state index is 13.7. The number of esters is 1. The van der Waals surface area contributed by atoms with Crippen molar-refractivity contribution in [2.24, 2.45) is 23.7 Å². The van der Waals surface area contributed by atoms with E-state index >= 15 is 0 Å². The van der Waals surface area contributed by atoms with Crippen LogP contribution in [0.15, 0.2) is 23.8 Å². The van der Waals surface area contributed by atoms with Crippen LogP contribution in [0.2, 0.25) is 0 Å². The van der Waals surface area contributed by atoms with Crippen LogP contribution in [0.5, 0.6) is 0 Å². The van der Waals surface area contributed by atoms with E-state index in [-0.39, 0.29) is 37.3 Å². The summed E-state index contributed by atoms with van der Waals surface area (Å²) in [7, 11) is 3.56.